The van der Waals surface area contributed by atoms with Crippen molar-refractivity contribution in [3.63, 3.8) is 0 Å². The number of hydrogen-bond donors (Lipinski definition) is 1. The lowest BCUT2D eigenvalue weighted by Gasteiger charge is -2.20. The van der Waals surface area contributed by atoms with E-state index in [2.05, 4.69) is 12.2 Å². The summed E-state index contributed by atoms with van der Waals surface area (Å²) in [5.74, 6) is 0.582. The Balaban J connectivity index is 2.08. The molecule has 104 valence electrons. The fraction of sp³-hybridized carbons (Fsp3) is 0.571. The van der Waals surface area contributed by atoms with Gasteiger partial charge in [-0.05, 0) is 37.3 Å². The van der Waals surface area contributed by atoms with E-state index >= 15 is 0 Å². The van der Waals surface area contributed by atoms with E-state index < -0.39 is 4.92 Å². The predicted molar refractivity (Wildman–Crippen MR) is 76.6 cm³/mol. The zero-order valence-electron chi connectivity index (χ0n) is 11.1. The van der Waals surface area contributed by atoms with Gasteiger partial charge >= 0.3 is 0 Å². The molecule has 0 aromatic heterocycles. The van der Waals surface area contributed by atoms with Gasteiger partial charge in [-0.25, -0.2) is 0 Å². The van der Waals surface area contributed by atoms with E-state index in [1.807, 2.05) is 0 Å². The van der Waals surface area contributed by atoms with Gasteiger partial charge in [-0.3, -0.25) is 10.1 Å². The van der Waals surface area contributed by atoms with Gasteiger partial charge in [0.25, 0.3) is 5.69 Å². The second kappa shape index (κ2) is 6.35. The first kappa shape index (κ1) is 14.3. The van der Waals surface area contributed by atoms with Crippen LogP contribution in [0.25, 0.3) is 0 Å². The number of rotatable bonds is 5. The highest BCUT2D eigenvalue weighted by Crippen LogP contribution is 2.32. The van der Waals surface area contributed by atoms with Crippen LogP contribution in [0, 0.1) is 16.0 Å². The first-order chi connectivity index (χ1) is 9.11. The highest BCUT2D eigenvalue weighted by Gasteiger charge is 2.27. The van der Waals surface area contributed by atoms with Crippen molar-refractivity contribution in [1.29, 1.82) is 0 Å². The Morgan fingerprint density at radius 1 is 1.47 bits per heavy atom. The van der Waals surface area contributed by atoms with Crippen molar-refractivity contribution in [3.8, 4) is 0 Å². The van der Waals surface area contributed by atoms with Gasteiger partial charge in [0.15, 0.2) is 0 Å². The third-order valence-electron chi connectivity index (χ3n) is 3.85. The normalized spacial score (nSPS) is 22.6. The zero-order chi connectivity index (χ0) is 13.8. The molecule has 0 aliphatic heterocycles. The van der Waals surface area contributed by atoms with Crippen LogP contribution in [0.3, 0.4) is 0 Å². The molecule has 2 rings (SSSR count). The van der Waals surface area contributed by atoms with Gasteiger partial charge < -0.3 is 5.32 Å². The van der Waals surface area contributed by atoms with E-state index in [0.29, 0.717) is 17.0 Å². The average Bonchev–Trinajstić information content (AvgIpc) is 2.79. The molecule has 2 atom stereocenters. The lowest BCUT2D eigenvalue weighted by Crippen LogP contribution is -2.33. The van der Waals surface area contributed by atoms with E-state index in [1.165, 1.54) is 25.3 Å². The van der Waals surface area contributed by atoms with E-state index in [-0.39, 0.29) is 5.69 Å². The number of nitro groups is 1. The fourth-order valence-electron chi connectivity index (χ4n) is 2.91. The Morgan fingerprint density at radius 2 is 2.26 bits per heavy atom. The van der Waals surface area contributed by atoms with E-state index in [0.717, 1.165) is 18.5 Å². The van der Waals surface area contributed by atoms with Crippen molar-refractivity contribution in [2.24, 2.45) is 5.92 Å². The van der Waals surface area contributed by atoms with Crippen molar-refractivity contribution in [2.75, 3.05) is 6.54 Å². The Kier molecular flexibility index (Phi) is 4.77. The van der Waals surface area contributed by atoms with Crippen LogP contribution in [0.15, 0.2) is 18.2 Å². The maximum atomic E-state index is 10.7. The third-order valence-corrected chi connectivity index (χ3v) is 4.21. The predicted octanol–water partition coefficient (Wildman–Crippen LogP) is 3.57. The first-order valence-electron chi connectivity index (χ1n) is 6.78. The van der Waals surface area contributed by atoms with Gasteiger partial charge in [-0.2, -0.15) is 0 Å². The Morgan fingerprint density at radius 3 is 2.89 bits per heavy atom. The minimum absolute atomic E-state index is 0.0587. The molecule has 0 radical (unpaired) electrons. The molecule has 1 aliphatic carbocycles. The van der Waals surface area contributed by atoms with Gasteiger partial charge in [-0.15, -0.1) is 0 Å². The summed E-state index contributed by atoms with van der Waals surface area (Å²) in [5.41, 5.74) is 1.07. The average molecular weight is 283 g/mol. The molecule has 1 fully saturated rings. The number of non-ortho nitro benzene ring substituents is 1. The lowest BCUT2D eigenvalue weighted by molar-refractivity contribution is -0.384. The molecular formula is C14H19ClN2O2. The van der Waals surface area contributed by atoms with E-state index in [9.17, 15) is 10.1 Å². The number of hydrogen-bond acceptors (Lipinski definition) is 3. The largest absolute Gasteiger partial charge is 0.314 e. The van der Waals surface area contributed by atoms with Crippen molar-refractivity contribution < 1.29 is 4.92 Å². The molecular weight excluding hydrogens is 264 g/mol. The number of nitro benzene ring substituents is 1. The molecule has 1 aromatic carbocycles. The molecule has 1 saturated carbocycles. The summed E-state index contributed by atoms with van der Waals surface area (Å²) >= 11 is 6.15. The van der Waals surface area contributed by atoms with Crippen molar-refractivity contribution in [1.82, 2.24) is 5.32 Å². The molecule has 0 heterocycles. The Labute approximate surface area is 118 Å². The van der Waals surface area contributed by atoms with Gasteiger partial charge in [0.1, 0.15) is 0 Å². The molecule has 1 N–H and O–H groups in total. The Bertz CT molecular complexity index is 465. The minimum Gasteiger partial charge on any atom is -0.314 e. The maximum absolute atomic E-state index is 10.7. The van der Waals surface area contributed by atoms with Crippen LogP contribution in [-0.2, 0) is 6.42 Å². The van der Waals surface area contributed by atoms with Crippen molar-refractivity contribution in [3.05, 3.63) is 38.9 Å². The van der Waals surface area contributed by atoms with Crippen LogP contribution < -0.4 is 5.32 Å². The third kappa shape index (κ3) is 3.45. The number of nitrogens with one attached hydrogen (secondary N) is 1. The van der Waals surface area contributed by atoms with E-state index in [1.54, 1.807) is 12.1 Å². The highest BCUT2D eigenvalue weighted by molar-refractivity contribution is 6.31. The number of benzene rings is 1. The lowest BCUT2D eigenvalue weighted by atomic mass is 9.94. The molecule has 2 unspecified atom stereocenters. The maximum Gasteiger partial charge on any atom is 0.270 e. The fourth-order valence-corrected chi connectivity index (χ4v) is 3.16. The number of halogens is 1. The number of nitrogens with zero attached hydrogens (tertiary/aromatic N) is 1. The monoisotopic (exact) mass is 282 g/mol. The standard InChI is InChI=1S/C14H19ClN2O2/c1-2-16-14-5-3-4-11(14)8-10-6-7-12(17(18)19)9-13(10)15/h6-7,9,11,14,16H,2-5,8H2,1H3. The second-order valence-corrected chi connectivity index (χ2v) is 5.50. The van der Waals surface area contributed by atoms with E-state index in [4.69, 9.17) is 11.6 Å². The minimum atomic E-state index is -0.410. The van der Waals surface area contributed by atoms with Crippen molar-refractivity contribution >= 4 is 17.3 Å². The van der Waals surface area contributed by atoms with Crippen molar-refractivity contribution in [2.45, 2.75) is 38.6 Å². The van der Waals surface area contributed by atoms with Gasteiger partial charge in [0, 0.05) is 18.2 Å². The topological polar surface area (TPSA) is 55.2 Å². The quantitative estimate of drug-likeness (QED) is 0.663. The highest BCUT2D eigenvalue weighted by atomic mass is 35.5. The molecule has 0 amide bonds. The van der Waals surface area contributed by atoms with Crippen LogP contribution in [-0.4, -0.2) is 17.5 Å². The molecule has 1 aliphatic rings. The summed E-state index contributed by atoms with van der Waals surface area (Å²) < 4.78 is 0. The summed E-state index contributed by atoms with van der Waals surface area (Å²) in [6, 6.07) is 5.34. The summed E-state index contributed by atoms with van der Waals surface area (Å²) in [6.45, 7) is 3.10. The van der Waals surface area contributed by atoms with Crippen LogP contribution in [0.2, 0.25) is 5.02 Å². The molecule has 1 aromatic rings. The van der Waals surface area contributed by atoms with Gasteiger partial charge in [-0.1, -0.05) is 31.0 Å². The molecule has 19 heavy (non-hydrogen) atoms. The van der Waals surface area contributed by atoms with Crippen LogP contribution >= 0.6 is 11.6 Å². The molecule has 4 nitrogen and oxygen atoms in total. The zero-order valence-corrected chi connectivity index (χ0v) is 11.8. The SMILES string of the molecule is CCNC1CCCC1Cc1ccc([N+](=O)[O-])cc1Cl. The van der Waals surface area contributed by atoms with Crippen LogP contribution in [0.1, 0.15) is 31.7 Å². The summed E-state index contributed by atoms with van der Waals surface area (Å²) in [6.07, 6.45) is 4.55. The molecule has 0 spiro atoms. The Hall–Kier alpha value is -1.13. The van der Waals surface area contributed by atoms with Crippen LogP contribution in [0.5, 0.6) is 0 Å². The molecule has 0 saturated heterocycles. The van der Waals surface area contributed by atoms with Gasteiger partial charge in [0.05, 0.1) is 9.95 Å². The van der Waals surface area contributed by atoms with Gasteiger partial charge in [0.2, 0.25) is 0 Å². The summed E-state index contributed by atoms with van der Waals surface area (Å²) in [5, 5.41) is 14.7. The molecule has 5 heteroatoms. The second-order valence-electron chi connectivity index (χ2n) is 5.09. The first-order valence-corrected chi connectivity index (χ1v) is 7.15. The summed E-state index contributed by atoms with van der Waals surface area (Å²) in [7, 11) is 0. The molecule has 0 bridgehead atoms. The smallest absolute Gasteiger partial charge is 0.270 e. The summed E-state index contributed by atoms with van der Waals surface area (Å²) in [4.78, 5) is 10.3. The van der Waals surface area contributed by atoms with Crippen LogP contribution in [0.4, 0.5) is 5.69 Å².